The summed E-state index contributed by atoms with van der Waals surface area (Å²) >= 11 is 5.62. The first kappa shape index (κ1) is 25.9. The molecule has 2 aromatic carbocycles. The Bertz CT molecular complexity index is 1030. The van der Waals surface area contributed by atoms with Crippen molar-refractivity contribution >= 4 is 35.2 Å². The minimum absolute atomic E-state index is 0.142. The highest BCUT2D eigenvalue weighted by atomic mass is 35.5. The van der Waals surface area contributed by atoms with E-state index < -0.39 is 35.4 Å². The summed E-state index contributed by atoms with van der Waals surface area (Å²) in [5.74, 6) is -0.747. The van der Waals surface area contributed by atoms with Crippen LogP contribution >= 0.6 is 11.6 Å². The molecule has 178 valence electrons. The average Bonchev–Trinajstić information content (AvgIpc) is 2.77. The van der Waals surface area contributed by atoms with E-state index in [2.05, 4.69) is 5.32 Å². The quantitative estimate of drug-likeness (QED) is 0.418. The molecule has 0 saturated carbocycles. The van der Waals surface area contributed by atoms with E-state index in [1.165, 1.54) is 40.4 Å². The van der Waals surface area contributed by atoms with Gasteiger partial charge >= 0.3 is 12.1 Å². The second-order valence-electron chi connectivity index (χ2n) is 6.55. The number of carbonyl (C=O) groups excluding carboxylic acids is 2. The molecule has 0 fully saturated rings. The van der Waals surface area contributed by atoms with Gasteiger partial charge in [-0.15, -0.1) is 0 Å². The number of anilines is 1. The fourth-order valence-corrected chi connectivity index (χ4v) is 2.90. The zero-order valence-electron chi connectivity index (χ0n) is 18.1. The van der Waals surface area contributed by atoms with Crippen molar-refractivity contribution in [1.29, 1.82) is 0 Å². The molecule has 0 aliphatic rings. The van der Waals surface area contributed by atoms with Gasteiger partial charge in [0.05, 0.1) is 32.6 Å². The van der Waals surface area contributed by atoms with Crippen LogP contribution in [0.2, 0.25) is 5.02 Å². The Morgan fingerprint density at radius 3 is 2.15 bits per heavy atom. The Kier molecular flexibility index (Phi) is 8.58. The summed E-state index contributed by atoms with van der Waals surface area (Å²) in [6.45, 7) is 1.23. The van der Waals surface area contributed by atoms with Crippen LogP contribution in [0.4, 0.5) is 18.9 Å². The zero-order chi connectivity index (χ0) is 24.8. The highest BCUT2D eigenvalue weighted by molar-refractivity contribution is 6.30. The molecule has 0 aliphatic heterocycles. The largest absolute Gasteiger partial charge is 0.493 e. The van der Waals surface area contributed by atoms with Crippen molar-refractivity contribution in [1.82, 2.24) is 0 Å². The third kappa shape index (κ3) is 6.79. The minimum atomic E-state index is -4.74. The lowest BCUT2D eigenvalue weighted by atomic mass is 10.1. The van der Waals surface area contributed by atoms with Crippen molar-refractivity contribution in [2.24, 2.45) is 0 Å². The molecule has 1 atom stereocenters. The topological polar surface area (TPSA) is 83.1 Å². The van der Waals surface area contributed by atoms with E-state index in [-0.39, 0.29) is 5.02 Å². The van der Waals surface area contributed by atoms with Gasteiger partial charge in [-0.25, -0.2) is 4.79 Å². The van der Waals surface area contributed by atoms with Crippen LogP contribution in [-0.4, -0.2) is 39.3 Å². The number of esters is 1. The summed E-state index contributed by atoms with van der Waals surface area (Å²) in [7, 11) is 4.32. The monoisotopic (exact) mass is 487 g/mol. The van der Waals surface area contributed by atoms with Crippen LogP contribution in [0.25, 0.3) is 6.08 Å². The molecule has 0 spiro atoms. The second kappa shape index (κ2) is 11.0. The highest BCUT2D eigenvalue weighted by Crippen LogP contribution is 2.39. The number of carbonyl (C=O) groups is 2. The Morgan fingerprint density at radius 2 is 1.64 bits per heavy atom. The van der Waals surface area contributed by atoms with Crippen molar-refractivity contribution in [3.05, 3.63) is 52.6 Å². The van der Waals surface area contributed by atoms with Crippen LogP contribution in [0, 0.1) is 0 Å². The highest BCUT2D eigenvalue weighted by Gasteiger charge is 2.34. The molecule has 0 heterocycles. The standard InChI is InChI=1S/C22H21ClF3NO6/c1-12(21(29)27-16-7-6-14(23)11-15(16)22(24,25)26)33-19(28)8-5-13-9-17(30-2)20(32-4)18(10-13)31-3/h5-12H,1-4H3,(H,27,29)/b8-5+. The summed E-state index contributed by atoms with van der Waals surface area (Å²) < 4.78 is 60.2. The number of hydrogen-bond donors (Lipinski definition) is 1. The smallest absolute Gasteiger partial charge is 0.418 e. The van der Waals surface area contributed by atoms with Gasteiger partial charge in [0.1, 0.15) is 0 Å². The molecule has 1 amide bonds. The molecule has 2 rings (SSSR count). The van der Waals surface area contributed by atoms with Crippen molar-refractivity contribution in [2.75, 3.05) is 26.6 Å². The molecule has 7 nitrogen and oxygen atoms in total. The van der Waals surface area contributed by atoms with Gasteiger partial charge in [0, 0.05) is 11.1 Å². The molecule has 1 unspecified atom stereocenters. The maximum absolute atomic E-state index is 13.2. The molecular formula is C22H21ClF3NO6. The van der Waals surface area contributed by atoms with Crippen molar-refractivity contribution in [2.45, 2.75) is 19.2 Å². The lowest BCUT2D eigenvalue weighted by molar-refractivity contribution is -0.148. The van der Waals surface area contributed by atoms with Gasteiger partial charge in [-0.05, 0) is 48.9 Å². The van der Waals surface area contributed by atoms with Crippen LogP contribution < -0.4 is 19.5 Å². The van der Waals surface area contributed by atoms with Crippen molar-refractivity contribution < 1.29 is 41.7 Å². The van der Waals surface area contributed by atoms with E-state index >= 15 is 0 Å². The number of methoxy groups -OCH3 is 3. The molecular weight excluding hydrogens is 467 g/mol. The van der Waals surface area contributed by atoms with Gasteiger partial charge in [-0.3, -0.25) is 4.79 Å². The van der Waals surface area contributed by atoms with Crippen LogP contribution in [0.5, 0.6) is 17.2 Å². The Labute approximate surface area is 193 Å². The lowest BCUT2D eigenvalue weighted by Crippen LogP contribution is -2.30. The van der Waals surface area contributed by atoms with Crippen LogP contribution in [0.1, 0.15) is 18.1 Å². The first-order valence-corrected chi connectivity index (χ1v) is 9.74. The zero-order valence-corrected chi connectivity index (χ0v) is 18.8. The van der Waals surface area contributed by atoms with E-state index in [0.717, 1.165) is 12.1 Å². The first-order valence-electron chi connectivity index (χ1n) is 9.36. The lowest BCUT2D eigenvalue weighted by Gasteiger charge is -2.16. The number of rotatable bonds is 8. The van der Waals surface area contributed by atoms with Gasteiger partial charge in [-0.1, -0.05) is 11.6 Å². The SMILES string of the molecule is COc1cc(/C=C/C(=O)OC(C)C(=O)Nc2ccc(Cl)cc2C(F)(F)F)cc(OC)c1OC. The molecule has 0 aromatic heterocycles. The molecule has 33 heavy (non-hydrogen) atoms. The van der Waals surface area contributed by atoms with Gasteiger partial charge in [0.15, 0.2) is 17.6 Å². The predicted molar refractivity (Wildman–Crippen MR) is 116 cm³/mol. The van der Waals surface area contributed by atoms with Gasteiger partial charge in [-0.2, -0.15) is 13.2 Å². The van der Waals surface area contributed by atoms with Crippen molar-refractivity contribution in [3.8, 4) is 17.2 Å². The number of alkyl halides is 3. The third-order valence-electron chi connectivity index (χ3n) is 4.31. The maximum atomic E-state index is 13.2. The Hall–Kier alpha value is -3.40. The second-order valence-corrected chi connectivity index (χ2v) is 6.98. The summed E-state index contributed by atoms with van der Waals surface area (Å²) in [6, 6.07) is 6.07. The number of amides is 1. The van der Waals surface area contributed by atoms with E-state index in [1.807, 2.05) is 0 Å². The normalized spacial score (nSPS) is 12.2. The molecule has 0 saturated heterocycles. The molecule has 2 aromatic rings. The van der Waals surface area contributed by atoms with Gasteiger partial charge < -0.3 is 24.3 Å². The number of hydrogen-bond acceptors (Lipinski definition) is 6. The van der Waals surface area contributed by atoms with E-state index in [1.54, 1.807) is 12.1 Å². The summed E-state index contributed by atoms with van der Waals surface area (Å²) in [5.41, 5.74) is -1.12. The van der Waals surface area contributed by atoms with Crippen LogP contribution in [0.3, 0.4) is 0 Å². The summed E-state index contributed by atoms with van der Waals surface area (Å²) in [4.78, 5) is 24.4. The maximum Gasteiger partial charge on any atom is 0.418 e. The number of nitrogens with one attached hydrogen (secondary N) is 1. The Morgan fingerprint density at radius 1 is 1.03 bits per heavy atom. The van der Waals surface area contributed by atoms with E-state index in [4.69, 9.17) is 30.5 Å². The van der Waals surface area contributed by atoms with Gasteiger partial charge in [0.2, 0.25) is 5.75 Å². The summed E-state index contributed by atoms with van der Waals surface area (Å²) in [5, 5.41) is 1.96. The predicted octanol–water partition coefficient (Wildman–Crippen LogP) is 4.97. The third-order valence-corrected chi connectivity index (χ3v) is 4.54. The molecule has 0 aliphatic carbocycles. The first-order chi connectivity index (χ1) is 15.5. The molecule has 0 radical (unpaired) electrons. The summed E-state index contributed by atoms with van der Waals surface area (Å²) in [6.07, 6.45) is -3.68. The van der Waals surface area contributed by atoms with Crippen molar-refractivity contribution in [3.63, 3.8) is 0 Å². The number of benzene rings is 2. The number of halogens is 4. The number of ether oxygens (including phenoxy) is 4. The van der Waals surface area contributed by atoms with Gasteiger partial charge in [0.25, 0.3) is 5.91 Å². The van der Waals surface area contributed by atoms with Crippen LogP contribution in [0.15, 0.2) is 36.4 Å². The fourth-order valence-electron chi connectivity index (χ4n) is 2.72. The Balaban J connectivity index is 2.10. The molecule has 1 N–H and O–H groups in total. The van der Waals surface area contributed by atoms with E-state index in [0.29, 0.717) is 28.9 Å². The molecule has 11 heteroatoms. The minimum Gasteiger partial charge on any atom is -0.493 e. The average molecular weight is 488 g/mol. The molecule has 0 bridgehead atoms. The van der Waals surface area contributed by atoms with E-state index in [9.17, 15) is 22.8 Å². The fraction of sp³-hybridized carbons (Fsp3) is 0.273. The van der Waals surface area contributed by atoms with Crippen LogP contribution in [-0.2, 0) is 20.5 Å².